The molecule has 1 saturated heterocycles. The quantitative estimate of drug-likeness (QED) is 0.725. The molecule has 0 spiro atoms. The molecule has 1 atom stereocenters. The van der Waals surface area contributed by atoms with Gasteiger partial charge in [-0.2, -0.15) is 5.26 Å². The van der Waals surface area contributed by atoms with Crippen LogP contribution in [0.2, 0.25) is 0 Å². The predicted molar refractivity (Wildman–Crippen MR) is 97.2 cm³/mol. The van der Waals surface area contributed by atoms with E-state index in [1.54, 1.807) is 31.2 Å². The van der Waals surface area contributed by atoms with Crippen LogP contribution in [0, 0.1) is 11.3 Å². The highest BCUT2D eigenvalue weighted by molar-refractivity contribution is 7.18. The van der Waals surface area contributed by atoms with Crippen molar-refractivity contribution >= 4 is 33.5 Å². The molecule has 3 aromatic rings. The van der Waals surface area contributed by atoms with Crippen molar-refractivity contribution in [1.82, 2.24) is 15.2 Å². The van der Waals surface area contributed by atoms with Crippen LogP contribution in [0.5, 0.6) is 0 Å². The number of rotatable bonds is 3. The number of aromatic nitrogens is 1. The number of nitrogens with zero attached hydrogens (tertiary/aromatic N) is 3. The van der Waals surface area contributed by atoms with Crippen LogP contribution in [-0.2, 0) is 16.9 Å². The van der Waals surface area contributed by atoms with Gasteiger partial charge in [0, 0.05) is 0 Å². The third kappa shape index (κ3) is 2.52. The van der Waals surface area contributed by atoms with Gasteiger partial charge in [0.15, 0.2) is 0 Å². The minimum atomic E-state index is -1.15. The summed E-state index contributed by atoms with van der Waals surface area (Å²) in [6.45, 7) is 1.81. The summed E-state index contributed by atoms with van der Waals surface area (Å²) < 4.78 is 1.02. The summed E-state index contributed by atoms with van der Waals surface area (Å²) in [5.41, 5.74) is 0.846. The van der Waals surface area contributed by atoms with Gasteiger partial charge in [0.05, 0.1) is 28.4 Å². The standard InChI is InChI=1S/C19H14N4O2S/c1-19(13-8-6-12(10-20)7-9-13)17(24)23(18(25)22-19)11-16-21-14-4-2-3-5-15(14)26-16/h2-9H,11H2,1H3,(H,22,25). The van der Waals surface area contributed by atoms with E-state index in [0.717, 1.165) is 10.2 Å². The number of carbonyl (C=O) groups excluding carboxylic acids is 2. The summed E-state index contributed by atoms with van der Waals surface area (Å²) in [6.07, 6.45) is 0. The number of fused-ring (bicyclic) bond motifs is 1. The zero-order valence-electron chi connectivity index (χ0n) is 13.9. The molecule has 2 heterocycles. The average Bonchev–Trinajstić information content (AvgIpc) is 3.16. The zero-order valence-corrected chi connectivity index (χ0v) is 14.7. The number of thiazole rings is 1. The lowest BCUT2D eigenvalue weighted by Crippen LogP contribution is -2.40. The molecular weight excluding hydrogens is 348 g/mol. The SMILES string of the molecule is CC1(c2ccc(C#N)cc2)NC(=O)N(Cc2nc3ccccc3s2)C1=O. The second-order valence-corrected chi connectivity index (χ2v) is 7.33. The van der Waals surface area contributed by atoms with Crippen molar-refractivity contribution < 1.29 is 9.59 Å². The Morgan fingerprint density at radius 3 is 2.62 bits per heavy atom. The molecule has 26 heavy (non-hydrogen) atoms. The Bertz CT molecular complexity index is 1030. The summed E-state index contributed by atoms with van der Waals surface area (Å²) in [5, 5.41) is 12.4. The van der Waals surface area contributed by atoms with Crippen molar-refractivity contribution in [3.8, 4) is 6.07 Å². The summed E-state index contributed by atoms with van der Waals surface area (Å²) in [6, 6.07) is 16.0. The molecular formula is C19H14N4O2S. The molecule has 2 aromatic carbocycles. The molecule has 1 aromatic heterocycles. The fraction of sp³-hybridized carbons (Fsp3) is 0.158. The number of hydrogen-bond donors (Lipinski definition) is 1. The highest BCUT2D eigenvalue weighted by Gasteiger charge is 2.49. The van der Waals surface area contributed by atoms with Gasteiger partial charge in [0.2, 0.25) is 0 Å². The molecule has 0 aliphatic carbocycles. The first kappa shape index (κ1) is 16.2. The van der Waals surface area contributed by atoms with E-state index in [1.165, 1.54) is 16.2 Å². The van der Waals surface area contributed by atoms with E-state index in [2.05, 4.69) is 10.3 Å². The Balaban J connectivity index is 1.63. The van der Waals surface area contributed by atoms with Gasteiger partial charge in [0.25, 0.3) is 5.91 Å². The van der Waals surface area contributed by atoms with Gasteiger partial charge in [0.1, 0.15) is 10.5 Å². The first-order valence-electron chi connectivity index (χ1n) is 8.00. The molecule has 0 bridgehead atoms. The Morgan fingerprint density at radius 1 is 1.19 bits per heavy atom. The first-order valence-corrected chi connectivity index (χ1v) is 8.82. The number of hydrogen-bond acceptors (Lipinski definition) is 5. The molecule has 1 aliphatic heterocycles. The van der Waals surface area contributed by atoms with Gasteiger partial charge >= 0.3 is 6.03 Å². The van der Waals surface area contributed by atoms with E-state index in [0.29, 0.717) is 16.1 Å². The van der Waals surface area contributed by atoms with E-state index in [1.807, 2.05) is 30.3 Å². The van der Waals surface area contributed by atoms with Crippen LogP contribution in [0.1, 0.15) is 23.1 Å². The number of urea groups is 1. The van der Waals surface area contributed by atoms with Gasteiger partial charge in [-0.3, -0.25) is 9.69 Å². The lowest BCUT2D eigenvalue weighted by Gasteiger charge is -2.22. The molecule has 7 heteroatoms. The fourth-order valence-corrected chi connectivity index (χ4v) is 3.99. The molecule has 0 saturated carbocycles. The summed E-state index contributed by atoms with van der Waals surface area (Å²) in [4.78, 5) is 31.1. The highest BCUT2D eigenvalue weighted by Crippen LogP contribution is 2.31. The largest absolute Gasteiger partial charge is 0.325 e. The molecule has 4 rings (SSSR count). The number of nitriles is 1. The first-order chi connectivity index (χ1) is 12.5. The molecule has 3 amide bonds. The third-order valence-corrected chi connectivity index (χ3v) is 5.52. The Labute approximate surface area is 153 Å². The molecule has 1 unspecified atom stereocenters. The number of carbonyl (C=O) groups is 2. The summed E-state index contributed by atoms with van der Waals surface area (Å²) in [5.74, 6) is -0.327. The van der Waals surface area contributed by atoms with Crippen LogP contribution < -0.4 is 5.32 Å². The van der Waals surface area contributed by atoms with E-state index in [9.17, 15) is 9.59 Å². The molecule has 6 nitrogen and oxygen atoms in total. The van der Waals surface area contributed by atoms with Gasteiger partial charge < -0.3 is 5.32 Å². The monoisotopic (exact) mass is 362 g/mol. The minimum Gasteiger partial charge on any atom is -0.319 e. The lowest BCUT2D eigenvalue weighted by molar-refractivity contribution is -0.131. The number of imide groups is 1. The Hall–Kier alpha value is -3.24. The maximum Gasteiger partial charge on any atom is 0.325 e. The summed E-state index contributed by atoms with van der Waals surface area (Å²) in [7, 11) is 0. The van der Waals surface area contributed by atoms with Gasteiger partial charge in [-0.1, -0.05) is 24.3 Å². The smallest absolute Gasteiger partial charge is 0.319 e. The van der Waals surface area contributed by atoms with E-state index >= 15 is 0 Å². The van der Waals surface area contributed by atoms with Crippen LogP contribution in [0.4, 0.5) is 4.79 Å². The number of nitrogens with one attached hydrogen (secondary N) is 1. The average molecular weight is 362 g/mol. The van der Waals surface area contributed by atoms with Crippen molar-refractivity contribution in [2.24, 2.45) is 0 Å². The van der Waals surface area contributed by atoms with Crippen LogP contribution in [0.3, 0.4) is 0 Å². The van der Waals surface area contributed by atoms with Crippen molar-refractivity contribution in [2.75, 3.05) is 0 Å². The van der Waals surface area contributed by atoms with Crippen LogP contribution in [0.15, 0.2) is 48.5 Å². The summed E-state index contributed by atoms with van der Waals surface area (Å²) >= 11 is 1.47. The Morgan fingerprint density at radius 2 is 1.92 bits per heavy atom. The maximum absolute atomic E-state index is 13.0. The van der Waals surface area contributed by atoms with Crippen LogP contribution in [-0.4, -0.2) is 21.8 Å². The van der Waals surface area contributed by atoms with E-state index < -0.39 is 11.6 Å². The number of benzene rings is 2. The second-order valence-electron chi connectivity index (χ2n) is 6.21. The molecule has 1 N–H and O–H groups in total. The van der Waals surface area contributed by atoms with Crippen molar-refractivity contribution in [3.63, 3.8) is 0 Å². The fourth-order valence-electron chi connectivity index (χ4n) is 3.04. The van der Waals surface area contributed by atoms with E-state index in [-0.39, 0.29) is 12.5 Å². The van der Waals surface area contributed by atoms with Crippen molar-refractivity contribution in [1.29, 1.82) is 5.26 Å². The van der Waals surface area contributed by atoms with Gasteiger partial charge in [-0.15, -0.1) is 11.3 Å². The minimum absolute atomic E-state index is 0.135. The van der Waals surface area contributed by atoms with Crippen LogP contribution >= 0.6 is 11.3 Å². The van der Waals surface area contributed by atoms with Crippen molar-refractivity contribution in [2.45, 2.75) is 19.0 Å². The van der Waals surface area contributed by atoms with Gasteiger partial charge in [-0.05, 0) is 36.8 Å². The van der Waals surface area contributed by atoms with Gasteiger partial charge in [-0.25, -0.2) is 9.78 Å². The molecule has 1 fully saturated rings. The third-order valence-electron chi connectivity index (χ3n) is 4.50. The van der Waals surface area contributed by atoms with Crippen molar-refractivity contribution in [3.05, 3.63) is 64.7 Å². The second kappa shape index (κ2) is 5.93. The van der Waals surface area contributed by atoms with E-state index in [4.69, 9.17) is 5.26 Å². The topological polar surface area (TPSA) is 86.1 Å². The normalized spacial score (nSPS) is 19.6. The highest BCUT2D eigenvalue weighted by atomic mass is 32.1. The molecule has 128 valence electrons. The Kier molecular flexibility index (Phi) is 3.71. The maximum atomic E-state index is 13.0. The molecule has 0 radical (unpaired) electrons. The lowest BCUT2D eigenvalue weighted by atomic mass is 9.91. The number of para-hydroxylation sites is 1. The predicted octanol–water partition coefficient (Wildman–Crippen LogP) is 3.14. The number of amides is 3. The molecule has 1 aliphatic rings. The zero-order chi connectivity index (χ0) is 18.3. The van der Waals surface area contributed by atoms with Crippen LogP contribution in [0.25, 0.3) is 10.2 Å².